The molecule has 8 nitrogen and oxygen atoms in total. The van der Waals surface area contributed by atoms with Crippen molar-refractivity contribution in [2.75, 3.05) is 13.2 Å². The molecule has 3 aromatic rings. The number of nitrogens with zero attached hydrogens (tertiary/aromatic N) is 4. The van der Waals surface area contributed by atoms with Crippen LogP contribution in [0, 0.1) is 0 Å². The van der Waals surface area contributed by atoms with Gasteiger partial charge in [-0.1, -0.05) is 18.2 Å². The van der Waals surface area contributed by atoms with E-state index in [0.29, 0.717) is 37.1 Å². The number of aryl methyl sites for hydroxylation is 1. The highest BCUT2D eigenvalue weighted by molar-refractivity contribution is 14.0. The molecule has 0 amide bonds. The average molecular weight is 536 g/mol. The van der Waals surface area contributed by atoms with Crippen molar-refractivity contribution >= 4 is 29.9 Å². The lowest BCUT2D eigenvalue weighted by atomic mass is 10.3. The summed E-state index contributed by atoms with van der Waals surface area (Å²) in [4.78, 5) is 9.03. The Morgan fingerprint density at radius 1 is 1.06 bits per heavy atom. The molecule has 2 aromatic heterocycles. The van der Waals surface area contributed by atoms with E-state index in [1.54, 1.807) is 12.4 Å². The van der Waals surface area contributed by atoms with E-state index in [4.69, 9.17) is 9.47 Å². The van der Waals surface area contributed by atoms with Gasteiger partial charge in [0, 0.05) is 32.1 Å². The van der Waals surface area contributed by atoms with Crippen molar-refractivity contribution in [1.82, 2.24) is 25.4 Å². The standard InChI is InChI=1S/C22H28N6O2.HI/c1-4-23-22(26-16-18-12-13-27-28(18)3)25-15-17-10-11-21(24-14-17)30-20-9-7-6-8-19(20)29-5-2;/h6-14H,4-5,15-16H2,1-3H3,(H2,23,25,26);1H. The van der Waals surface area contributed by atoms with Crippen LogP contribution in [0.15, 0.2) is 59.9 Å². The molecule has 0 saturated heterocycles. The minimum Gasteiger partial charge on any atom is -0.490 e. The van der Waals surface area contributed by atoms with Gasteiger partial charge in [-0.25, -0.2) is 9.98 Å². The van der Waals surface area contributed by atoms with Gasteiger partial charge in [0.25, 0.3) is 0 Å². The Hall–Kier alpha value is -2.82. The second kappa shape index (κ2) is 12.8. The third-order valence-corrected chi connectivity index (χ3v) is 4.28. The van der Waals surface area contributed by atoms with Crippen molar-refractivity contribution in [2.24, 2.45) is 12.0 Å². The first-order valence-corrected chi connectivity index (χ1v) is 10.0. The van der Waals surface area contributed by atoms with Crippen LogP contribution >= 0.6 is 24.0 Å². The molecule has 0 atom stereocenters. The van der Waals surface area contributed by atoms with Gasteiger partial charge in [-0.15, -0.1) is 24.0 Å². The zero-order valence-electron chi connectivity index (χ0n) is 18.0. The Morgan fingerprint density at radius 3 is 2.52 bits per heavy atom. The van der Waals surface area contributed by atoms with Crippen LogP contribution < -0.4 is 20.1 Å². The molecule has 9 heteroatoms. The highest BCUT2D eigenvalue weighted by atomic mass is 127. The minimum atomic E-state index is 0. The Balaban J connectivity index is 0.00000341. The predicted octanol–water partition coefficient (Wildman–Crippen LogP) is 3.88. The molecule has 3 rings (SSSR count). The van der Waals surface area contributed by atoms with Gasteiger partial charge >= 0.3 is 0 Å². The lowest BCUT2D eigenvalue weighted by Crippen LogP contribution is -2.37. The zero-order valence-corrected chi connectivity index (χ0v) is 20.4. The molecule has 0 fully saturated rings. The molecule has 0 unspecified atom stereocenters. The van der Waals surface area contributed by atoms with Gasteiger partial charge in [0.2, 0.25) is 5.88 Å². The van der Waals surface area contributed by atoms with Crippen LogP contribution in [0.1, 0.15) is 25.1 Å². The predicted molar refractivity (Wildman–Crippen MR) is 132 cm³/mol. The van der Waals surface area contributed by atoms with Crippen LogP contribution in [0.5, 0.6) is 17.4 Å². The van der Waals surface area contributed by atoms with E-state index in [-0.39, 0.29) is 24.0 Å². The average Bonchev–Trinajstić information content (AvgIpc) is 3.17. The monoisotopic (exact) mass is 536 g/mol. The maximum Gasteiger partial charge on any atom is 0.219 e. The molecular weight excluding hydrogens is 507 g/mol. The summed E-state index contributed by atoms with van der Waals surface area (Å²) in [6.45, 7) is 6.48. The van der Waals surface area contributed by atoms with E-state index in [1.807, 2.05) is 68.0 Å². The first kappa shape index (κ1) is 24.4. The van der Waals surface area contributed by atoms with Gasteiger partial charge in [0.05, 0.1) is 25.4 Å². The van der Waals surface area contributed by atoms with Crippen molar-refractivity contribution in [2.45, 2.75) is 26.9 Å². The van der Waals surface area contributed by atoms with E-state index in [0.717, 1.165) is 23.8 Å². The van der Waals surface area contributed by atoms with Gasteiger partial charge < -0.3 is 20.1 Å². The molecule has 0 spiro atoms. The number of guanidine groups is 1. The summed E-state index contributed by atoms with van der Waals surface area (Å²) in [5, 5.41) is 10.7. The van der Waals surface area contributed by atoms with E-state index in [1.165, 1.54) is 0 Å². The zero-order chi connectivity index (χ0) is 21.2. The van der Waals surface area contributed by atoms with Crippen molar-refractivity contribution in [3.63, 3.8) is 0 Å². The molecule has 0 aliphatic heterocycles. The fourth-order valence-corrected chi connectivity index (χ4v) is 2.75. The number of hydrogen-bond donors (Lipinski definition) is 2. The summed E-state index contributed by atoms with van der Waals surface area (Å²) < 4.78 is 13.3. The van der Waals surface area contributed by atoms with E-state index < -0.39 is 0 Å². The second-order valence-electron chi connectivity index (χ2n) is 6.48. The second-order valence-corrected chi connectivity index (χ2v) is 6.48. The van der Waals surface area contributed by atoms with Crippen LogP contribution in [-0.4, -0.2) is 33.9 Å². The van der Waals surface area contributed by atoms with Crippen LogP contribution in [0.3, 0.4) is 0 Å². The van der Waals surface area contributed by atoms with Crippen LogP contribution in [0.2, 0.25) is 0 Å². The number of aromatic nitrogens is 3. The Bertz CT molecular complexity index is 959. The third kappa shape index (κ3) is 7.42. The lowest BCUT2D eigenvalue weighted by molar-refractivity contribution is 0.319. The van der Waals surface area contributed by atoms with Gasteiger partial charge in [-0.3, -0.25) is 4.68 Å². The van der Waals surface area contributed by atoms with E-state index >= 15 is 0 Å². The normalized spacial score (nSPS) is 10.9. The molecular formula is C22H29IN6O2. The molecule has 166 valence electrons. The topological polar surface area (TPSA) is 85.6 Å². The van der Waals surface area contributed by atoms with Gasteiger partial charge in [-0.05, 0) is 37.6 Å². The lowest BCUT2D eigenvalue weighted by Gasteiger charge is -2.12. The number of hydrogen-bond acceptors (Lipinski definition) is 5. The van der Waals surface area contributed by atoms with Gasteiger partial charge in [0.15, 0.2) is 17.5 Å². The first-order chi connectivity index (χ1) is 14.7. The first-order valence-electron chi connectivity index (χ1n) is 10.0. The summed E-state index contributed by atoms with van der Waals surface area (Å²) in [6.07, 6.45) is 3.55. The van der Waals surface area contributed by atoms with Crippen molar-refractivity contribution < 1.29 is 9.47 Å². The quantitative estimate of drug-likeness (QED) is 0.245. The molecule has 2 heterocycles. The third-order valence-electron chi connectivity index (χ3n) is 4.28. The van der Waals surface area contributed by atoms with Crippen molar-refractivity contribution in [1.29, 1.82) is 0 Å². The summed E-state index contributed by atoms with van der Waals surface area (Å²) >= 11 is 0. The Morgan fingerprint density at radius 2 is 1.87 bits per heavy atom. The largest absolute Gasteiger partial charge is 0.490 e. The molecule has 2 N–H and O–H groups in total. The van der Waals surface area contributed by atoms with Gasteiger partial charge in [0.1, 0.15) is 0 Å². The summed E-state index contributed by atoms with van der Waals surface area (Å²) in [5.74, 6) is 2.59. The number of aliphatic imine (C=N–C) groups is 1. The number of para-hydroxylation sites is 2. The summed E-state index contributed by atoms with van der Waals surface area (Å²) in [5.41, 5.74) is 2.06. The molecule has 0 aliphatic carbocycles. The van der Waals surface area contributed by atoms with E-state index in [2.05, 4.69) is 25.7 Å². The van der Waals surface area contributed by atoms with Crippen molar-refractivity contribution in [3.8, 4) is 17.4 Å². The number of halogens is 1. The number of nitrogens with one attached hydrogen (secondary N) is 2. The highest BCUT2D eigenvalue weighted by Crippen LogP contribution is 2.30. The Labute approximate surface area is 200 Å². The number of pyridine rings is 1. The summed E-state index contributed by atoms with van der Waals surface area (Å²) in [6, 6.07) is 13.3. The maximum absolute atomic E-state index is 5.87. The highest BCUT2D eigenvalue weighted by Gasteiger charge is 2.06. The SMILES string of the molecule is CCNC(=NCc1ccc(Oc2ccccc2OCC)nc1)NCc1ccnn1C.I. The molecule has 0 radical (unpaired) electrons. The maximum atomic E-state index is 5.87. The Kier molecular flexibility index (Phi) is 10.1. The van der Waals surface area contributed by atoms with Crippen LogP contribution in [0.25, 0.3) is 0 Å². The molecule has 0 saturated carbocycles. The number of ether oxygens (including phenoxy) is 2. The van der Waals surface area contributed by atoms with Crippen LogP contribution in [-0.2, 0) is 20.1 Å². The van der Waals surface area contributed by atoms with Crippen LogP contribution in [0.4, 0.5) is 0 Å². The molecule has 31 heavy (non-hydrogen) atoms. The minimum absolute atomic E-state index is 0. The molecule has 0 bridgehead atoms. The molecule has 1 aromatic carbocycles. The smallest absolute Gasteiger partial charge is 0.219 e. The molecule has 0 aliphatic rings. The van der Waals surface area contributed by atoms with Crippen molar-refractivity contribution in [3.05, 3.63) is 66.1 Å². The van der Waals surface area contributed by atoms with E-state index in [9.17, 15) is 0 Å². The fourth-order valence-electron chi connectivity index (χ4n) is 2.75. The van der Waals surface area contributed by atoms with Gasteiger partial charge in [-0.2, -0.15) is 5.10 Å². The summed E-state index contributed by atoms with van der Waals surface area (Å²) in [7, 11) is 1.92. The number of rotatable bonds is 9. The number of benzene rings is 1. The fraction of sp³-hybridized carbons (Fsp3) is 0.318.